The number of fused-ring (bicyclic) bond motifs is 1. The normalized spacial score (nSPS) is 18.9. The largest absolute Gasteiger partial charge is 0.103 e. The van der Waals surface area contributed by atoms with Gasteiger partial charge in [-0.15, -0.1) is 13.2 Å². The van der Waals surface area contributed by atoms with Gasteiger partial charge in [-0.05, 0) is 102 Å². The van der Waals surface area contributed by atoms with Crippen LogP contribution in [0.15, 0.2) is 86.0 Å². The molecule has 1 saturated carbocycles. The van der Waals surface area contributed by atoms with Gasteiger partial charge in [0.2, 0.25) is 0 Å². The molecule has 154 valence electrons. The molecular formula is C30H34. The van der Waals surface area contributed by atoms with E-state index in [1.54, 1.807) is 0 Å². The smallest absolute Gasteiger partial charge is 0.0178 e. The van der Waals surface area contributed by atoms with Gasteiger partial charge in [0.15, 0.2) is 0 Å². The van der Waals surface area contributed by atoms with Crippen LogP contribution in [0.25, 0.3) is 21.9 Å². The van der Waals surface area contributed by atoms with Crippen molar-refractivity contribution in [2.75, 3.05) is 0 Å². The van der Waals surface area contributed by atoms with E-state index in [4.69, 9.17) is 0 Å². The van der Waals surface area contributed by atoms with E-state index in [0.29, 0.717) is 0 Å². The summed E-state index contributed by atoms with van der Waals surface area (Å²) in [5, 5.41) is 2.64. The third-order valence-electron chi connectivity index (χ3n) is 6.90. The maximum absolute atomic E-state index is 3.96. The summed E-state index contributed by atoms with van der Waals surface area (Å²) in [6, 6.07) is 22.9. The van der Waals surface area contributed by atoms with Crippen molar-refractivity contribution in [2.45, 2.75) is 51.4 Å². The van der Waals surface area contributed by atoms with Crippen LogP contribution in [0, 0.1) is 11.8 Å². The second kappa shape index (κ2) is 9.94. The van der Waals surface area contributed by atoms with Crippen molar-refractivity contribution >= 4 is 10.8 Å². The summed E-state index contributed by atoms with van der Waals surface area (Å²) in [6.45, 7) is 7.79. The van der Waals surface area contributed by atoms with E-state index < -0.39 is 0 Å². The average molecular weight is 395 g/mol. The van der Waals surface area contributed by atoms with Gasteiger partial charge in [0.25, 0.3) is 0 Å². The van der Waals surface area contributed by atoms with Crippen molar-refractivity contribution in [3.8, 4) is 11.1 Å². The lowest BCUT2D eigenvalue weighted by molar-refractivity contribution is 0.296. The highest BCUT2D eigenvalue weighted by Gasteiger charge is 2.18. The van der Waals surface area contributed by atoms with E-state index in [1.807, 2.05) is 6.08 Å². The van der Waals surface area contributed by atoms with Crippen LogP contribution in [0.1, 0.15) is 49.7 Å². The van der Waals surface area contributed by atoms with E-state index in [1.165, 1.54) is 71.6 Å². The van der Waals surface area contributed by atoms with Crippen molar-refractivity contribution in [2.24, 2.45) is 11.8 Å². The first-order valence-electron chi connectivity index (χ1n) is 11.6. The summed E-state index contributed by atoms with van der Waals surface area (Å²) in [4.78, 5) is 0. The fourth-order valence-electron chi connectivity index (χ4n) is 4.85. The number of aryl methyl sites for hydroxylation is 2. The Labute approximate surface area is 182 Å². The predicted octanol–water partition coefficient (Wildman–Crippen LogP) is 8.55. The van der Waals surface area contributed by atoms with Crippen LogP contribution in [0.5, 0.6) is 0 Å². The molecule has 0 unspecified atom stereocenters. The van der Waals surface area contributed by atoms with Crippen LogP contribution < -0.4 is 0 Å². The molecule has 0 spiro atoms. The Bertz CT molecular complexity index is 984. The maximum Gasteiger partial charge on any atom is -0.0178 e. The summed E-state index contributed by atoms with van der Waals surface area (Å²) in [5.74, 6) is 1.67. The second-order valence-corrected chi connectivity index (χ2v) is 8.98. The molecule has 3 aromatic rings. The molecule has 0 aliphatic heterocycles. The van der Waals surface area contributed by atoms with Crippen LogP contribution in [0.2, 0.25) is 0 Å². The number of allylic oxidation sites excluding steroid dienone is 2. The van der Waals surface area contributed by atoms with E-state index in [0.717, 1.165) is 24.7 Å². The molecule has 0 heteroatoms. The Morgan fingerprint density at radius 3 is 2.10 bits per heavy atom. The van der Waals surface area contributed by atoms with Crippen LogP contribution in [-0.2, 0) is 12.8 Å². The Kier molecular flexibility index (Phi) is 6.84. The molecule has 0 bridgehead atoms. The highest BCUT2D eigenvalue weighted by Crippen LogP contribution is 2.32. The zero-order chi connectivity index (χ0) is 20.8. The number of benzene rings is 3. The fraction of sp³-hybridized carbons (Fsp3) is 0.333. The molecule has 0 nitrogen and oxygen atoms in total. The molecule has 0 saturated heterocycles. The summed E-state index contributed by atoms with van der Waals surface area (Å²) >= 11 is 0. The van der Waals surface area contributed by atoms with E-state index in [-0.39, 0.29) is 0 Å². The minimum Gasteiger partial charge on any atom is -0.103 e. The molecule has 3 aromatic carbocycles. The minimum atomic E-state index is 0.765. The molecule has 0 radical (unpaired) electrons. The number of rotatable bonds is 8. The van der Waals surface area contributed by atoms with Crippen molar-refractivity contribution < 1.29 is 0 Å². The van der Waals surface area contributed by atoms with E-state index >= 15 is 0 Å². The molecular weight excluding hydrogens is 360 g/mol. The lowest BCUT2D eigenvalue weighted by atomic mass is 9.79. The third kappa shape index (κ3) is 5.11. The van der Waals surface area contributed by atoms with E-state index in [2.05, 4.69) is 79.9 Å². The van der Waals surface area contributed by atoms with Crippen LogP contribution >= 0.6 is 0 Å². The van der Waals surface area contributed by atoms with Crippen molar-refractivity contribution in [3.63, 3.8) is 0 Å². The molecule has 1 aliphatic carbocycles. The molecule has 0 aromatic heterocycles. The lowest BCUT2D eigenvalue weighted by Crippen LogP contribution is -2.13. The van der Waals surface area contributed by atoms with Gasteiger partial charge >= 0.3 is 0 Å². The summed E-state index contributed by atoms with van der Waals surface area (Å²) in [7, 11) is 0. The van der Waals surface area contributed by atoms with Crippen LogP contribution in [0.4, 0.5) is 0 Å². The van der Waals surface area contributed by atoms with Gasteiger partial charge < -0.3 is 0 Å². The summed E-state index contributed by atoms with van der Waals surface area (Å²) in [5.41, 5.74) is 5.47. The SMILES string of the molecule is C=CCCc1ccc2cc(-c3ccc(CCC4CCC(C=C)CC4)cc3)ccc2c1. The van der Waals surface area contributed by atoms with Gasteiger partial charge in [0, 0.05) is 0 Å². The van der Waals surface area contributed by atoms with Gasteiger partial charge in [-0.25, -0.2) is 0 Å². The number of hydrogen-bond acceptors (Lipinski definition) is 0. The fourth-order valence-corrected chi connectivity index (χ4v) is 4.85. The third-order valence-corrected chi connectivity index (χ3v) is 6.90. The average Bonchev–Trinajstić information content (AvgIpc) is 2.81. The molecule has 0 heterocycles. The van der Waals surface area contributed by atoms with E-state index in [9.17, 15) is 0 Å². The zero-order valence-corrected chi connectivity index (χ0v) is 18.2. The first-order valence-corrected chi connectivity index (χ1v) is 11.6. The van der Waals surface area contributed by atoms with Crippen molar-refractivity contribution in [3.05, 3.63) is 97.1 Å². The number of hydrogen-bond donors (Lipinski definition) is 0. The van der Waals surface area contributed by atoms with Crippen molar-refractivity contribution in [1.82, 2.24) is 0 Å². The Morgan fingerprint density at radius 1 is 0.700 bits per heavy atom. The standard InChI is InChI=1S/C30H34/c1-3-5-6-26-15-18-30-22-29(20-19-28(30)21-26)27-16-13-25(14-17-27)12-11-24-9-7-23(4-2)8-10-24/h3-4,13-24H,1-2,5-12H2. The first-order chi connectivity index (χ1) is 14.7. The van der Waals surface area contributed by atoms with Crippen molar-refractivity contribution in [1.29, 1.82) is 0 Å². The zero-order valence-electron chi connectivity index (χ0n) is 18.2. The monoisotopic (exact) mass is 394 g/mol. The maximum atomic E-state index is 3.96. The molecule has 1 aliphatic rings. The molecule has 0 amide bonds. The van der Waals surface area contributed by atoms with Gasteiger partial charge in [-0.3, -0.25) is 0 Å². The highest BCUT2D eigenvalue weighted by molar-refractivity contribution is 5.87. The first kappa shape index (κ1) is 20.7. The Morgan fingerprint density at radius 2 is 1.37 bits per heavy atom. The molecule has 1 fully saturated rings. The molecule has 4 rings (SSSR count). The molecule has 0 atom stereocenters. The lowest BCUT2D eigenvalue weighted by Gasteiger charge is -2.26. The highest BCUT2D eigenvalue weighted by atomic mass is 14.2. The van der Waals surface area contributed by atoms with Gasteiger partial charge in [-0.1, -0.05) is 66.7 Å². The summed E-state index contributed by atoms with van der Waals surface area (Å²) < 4.78 is 0. The van der Waals surface area contributed by atoms with Crippen LogP contribution in [-0.4, -0.2) is 0 Å². The Balaban J connectivity index is 1.39. The second-order valence-electron chi connectivity index (χ2n) is 8.98. The molecule has 0 N–H and O–H groups in total. The summed E-state index contributed by atoms with van der Waals surface area (Å²) in [6.07, 6.45) is 14.2. The van der Waals surface area contributed by atoms with Crippen LogP contribution in [0.3, 0.4) is 0 Å². The topological polar surface area (TPSA) is 0 Å². The van der Waals surface area contributed by atoms with Gasteiger partial charge in [0.1, 0.15) is 0 Å². The predicted molar refractivity (Wildman–Crippen MR) is 132 cm³/mol. The minimum absolute atomic E-state index is 0.765. The van der Waals surface area contributed by atoms with Gasteiger partial charge in [0.05, 0.1) is 0 Å². The molecule has 30 heavy (non-hydrogen) atoms. The Hall–Kier alpha value is -2.60. The quantitative estimate of drug-likeness (QED) is 0.336. The van der Waals surface area contributed by atoms with Gasteiger partial charge in [-0.2, -0.15) is 0 Å².